The molecule has 1 aliphatic heterocycles. The Bertz CT molecular complexity index is 846. The fraction of sp³-hybridized carbons (Fsp3) is 0.609. The van der Waals surface area contributed by atoms with Gasteiger partial charge in [-0.2, -0.15) is 4.98 Å². The van der Waals surface area contributed by atoms with Gasteiger partial charge in [-0.05, 0) is 55.9 Å². The van der Waals surface area contributed by atoms with Crippen LogP contribution in [-0.2, 0) is 11.2 Å². The Morgan fingerprint density at radius 3 is 2.59 bits per heavy atom. The van der Waals surface area contributed by atoms with E-state index in [2.05, 4.69) is 25.3 Å². The number of aromatic nitrogens is 2. The summed E-state index contributed by atoms with van der Waals surface area (Å²) in [6.45, 7) is 3.57. The Morgan fingerprint density at radius 1 is 1.19 bits per heavy atom. The van der Waals surface area contributed by atoms with Crippen molar-refractivity contribution in [1.82, 2.24) is 20.4 Å². The molecule has 2 fully saturated rings. The number of nitrogens with zero attached hydrogens (tertiary/aromatic N) is 4. The number of likely N-dealkylation sites (tertiary alicyclic amines) is 1. The van der Waals surface area contributed by atoms with E-state index < -0.39 is 0 Å². The zero-order chi connectivity index (χ0) is 21.5. The lowest BCUT2D eigenvalue weighted by Gasteiger charge is -2.34. The Labute approximate surface area is 212 Å². The minimum absolute atomic E-state index is 0. The lowest BCUT2D eigenvalue weighted by atomic mass is 10.1. The second kappa shape index (κ2) is 12.7. The Kier molecular flexibility index (Phi) is 10.1. The number of aliphatic imine (C=N–C) groups is 1. The van der Waals surface area contributed by atoms with Crippen LogP contribution in [-0.4, -0.2) is 60.4 Å². The molecule has 0 unspecified atom stereocenters. The van der Waals surface area contributed by atoms with Crippen molar-refractivity contribution >= 4 is 41.5 Å². The standard InChI is InChI=1S/C23H32ClN5O2.HI/c1-25-23(29-14-11-20(12-15-29)30-16-17-4-2-3-5-17)26-13-10-21-27-22(28-31-21)18-6-8-19(24)9-7-18;/h6-9,17,20H,2-5,10-16H2,1H3,(H,25,26);1H. The van der Waals surface area contributed by atoms with E-state index in [0.717, 1.165) is 50.0 Å². The molecule has 4 rings (SSSR count). The third kappa shape index (κ3) is 7.05. The molecule has 1 saturated heterocycles. The first-order valence-electron chi connectivity index (χ1n) is 11.4. The van der Waals surface area contributed by atoms with Crippen molar-refractivity contribution in [2.75, 3.05) is 33.3 Å². The summed E-state index contributed by atoms with van der Waals surface area (Å²) in [5.41, 5.74) is 0.890. The van der Waals surface area contributed by atoms with Gasteiger partial charge in [0.2, 0.25) is 11.7 Å². The number of hydrogen-bond acceptors (Lipinski definition) is 5. The number of guanidine groups is 1. The van der Waals surface area contributed by atoms with E-state index in [1.165, 1.54) is 25.7 Å². The molecule has 0 amide bonds. The van der Waals surface area contributed by atoms with Crippen molar-refractivity contribution in [1.29, 1.82) is 0 Å². The molecule has 0 atom stereocenters. The van der Waals surface area contributed by atoms with Crippen LogP contribution < -0.4 is 5.32 Å². The first-order chi connectivity index (χ1) is 15.2. The molecule has 9 heteroatoms. The summed E-state index contributed by atoms with van der Waals surface area (Å²) in [4.78, 5) is 11.2. The molecule has 2 aliphatic rings. The summed E-state index contributed by atoms with van der Waals surface area (Å²) < 4.78 is 11.6. The number of benzene rings is 1. The van der Waals surface area contributed by atoms with Crippen molar-refractivity contribution in [3.8, 4) is 11.4 Å². The average Bonchev–Trinajstić information content (AvgIpc) is 3.49. The van der Waals surface area contributed by atoms with Crippen LogP contribution >= 0.6 is 35.6 Å². The van der Waals surface area contributed by atoms with E-state index in [1.54, 1.807) is 0 Å². The molecule has 1 N–H and O–H groups in total. The van der Waals surface area contributed by atoms with E-state index in [4.69, 9.17) is 20.9 Å². The third-order valence-corrected chi connectivity index (χ3v) is 6.44. The van der Waals surface area contributed by atoms with E-state index in [1.807, 2.05) is 31.3 Å². The van der Waals surface area contributed by atoms with Crippen LogP contribution in [0.3, 0.4) is 0 Å². The van der Waals surface area contributed by atoms with Gasteiger partial charge in [0.1, 0.15) is 0 Å². The summed E-state index contributed by atoms with van der Waals surface area (Å²) in [5, 5.41) is 8.18. The molecule has 1 aliphatic carbocycles. The van der Waals surface area contributed by atoms with Gasteiger partial charge in [-0.1, -0.05) is 29.6 Å². The lowest BCUT2D eigenvalue weighted by molar-refractivity contribution is 0.00102. The van der Waals surface area contributed by atoms with E-state index in [0.29, 0.717) is 35.8 Å². The SMILES string of the molecule is CN=C(NCCc1nc(-c2ccc(Cl)cc2)no1)N1CCC(OCC2CCCC2)CC1.I. The molecule has 176 valence electrons. The van der Waals surface area contributed by atoms with Crippen LogP contribution in [0, 0.1) is 5.92 Å². The van der Waals surface area contributed by atoms with Crippen molar-refractivity contribution < 1.29 is 9.26 Å². The fourth-order valence-electron chi connectivity index (χ4n) is 4.37. The fourth-order valence-corrected chi connectivity index (χ4v) is 4.50. The third-order valence-electron chi connectivity index (χ3n) is 6.19. The number of piperidine rings is 1. The summed E-state index contributed by atoms with van der Waals surface area (Å²) in [6.07, 6.45) is 8.58. The van der Waals surface area contributed by atoms with E-state index in [-0.39, 0.29) is 24.0 Å². The van der Waals surface area contributed by atoms with Gasteiger partial charge in [0.15, 0.2) is 5.96 Å². The highest BCUT2D eigenvalue weighted by molar-refractivity contribution is 14.0. The number of halogens is 2. The smallest absolute Gasteiger partial charge is 0.228 e. The van der Waals surface area contributed by atoms with Crippen LogP contribution in [0.2, 0.25) is 5.02 Å². The van der Waals surface area contributed by atoms with Gasteiger partial charge in [-0.15, -0.1) is 24.0 Å². The van der Waals surface area contributed by atoms with Crippen molar-refractivity contribution in [3.05, 3.63) is 35.2 Å². The van der Waals surface area contributed by atoms with Crippen LogP contribution in [0.25, 0.3) is 11.4 Å². The van der Waals surface area contributed by atoms with Gasteiger partial charge >= 0.3 is 0 Å². The van der Waals surface area contributed by atoms with Crippen LogP contribution in [0.4, 0.5) is 0 Å². The Morgan fingerprint density at radius 2 is 1.91 bits per heavy atom. The van der Waals surface area contributed by atoms with Crippen LogP contribution in [0.1, 0.15) is 44.4 Å². The maximum Gasteiger partial charge on any atom is 0.228 e. The molecule has 1 aromatic heterocycles. The summed E-state index contributed by atoms with van der Waals surface area (Å²) in [7, 11) is 1.83. The van der Waals surface area contributed by atoms with Gasteiger partial charge in [0, 0.05) is 50.3 Å². The molecule has 2 heterocycles. The zero-order valence-electron chi connectivity index (χ0n) is 18.6. The first kappa shape index (κ1) is 25.2. The van der Waals surface area contributed by atoms with Crippen molar-refractivity contribution in [2.24, 2.45) is 10.9 Å². The number of hydrogen-bond donors (Lipinski definition) is 1. The predicted octanol–water partition coefficient (Wildman–Crippen LogP) is 4.80. The van der Waals surface area contributed by atoms with E-state index in [9.17, 15) is 0 Å². The molecular weight excluding hydrogens is 541 g/mol. The van der Waals surface area contributed by atoms with Gasteiger partial charge in [-0.3, -0.25) is 4.99 Å². The van der Waals surface area contributed by atoms with Crippen molar-refractivity contribution in [3.63, 3.8) is 0 Å². The lowest BCUT2D eigenvalue weighted by Crippen LogP contribution is -2.47. The summed E-state index contributed by atoms with van der Waals surface area (Å²) in [5.74, 6) is 2.90. The number of nitrogens with one attached hydrogen (secondary N) is 1. The number of ether oxygens (including phenoxy) is 1. The normalized spacial score (nSPS) is 18.1. The maximum absolute atomic E-state index is 6.19. The summed E-state index contributed by atoms with van der Waals surface area (Å²) in [6, 6.07) is 7.42. The minimum Gasteiger partial charge on any atom is -0.378 e. The highest BCUT2D eigenvalue weighted by atomic mass is 127. The molecule has 7 nitrogen and oxygen atoms in total. The minimum atomic E-state index is 0. The Balaban J connectivity index is 0.00000289. The van der Waals surface area contributed by atoms with E-state index >= 15 is 0 Å². The maximum atomic E-state index is 6.19. The van der Waals surface area contributed by atoms with Crippen molar-refractivity contribution in [2.45, 2.75) is 51.0 Å². The zero-order valence-corrected chi connectivity index (χ0v) is 21.7. The van der Waals surface area contributed by atoms with Gasteiger partial charge in [0.25, 0.3) is 0 Å². The predicted molar refractivity (Wildman–Crippen MR) is 138 cm³/mol. The van der Waals surface area contributed by atoms with Crippen LogP contribution in [0.5, 0.6) is 0 Å². The molecule has 0 radical (unpaired) electrons. The first-order valence-corrected chi connectivity index (χ1v) is 11.7. The second-order valence-corrected chi connectivity index (χ2v) is 8.85. The molecule has 1 aromatic carbocycles. The van der Waals surface area contributed by atoms with Crippen LogP contribution in [0.15, 0.2) is 33.8 Å². The molecule has 32 heavy (non-hydrogen) atoms. The summed E-state index contributed by atoms with van der Waals surface area (Å²) >= 11 is 5.94. The van der Waals surface area contributed by atoms with Gasteiger partial charge in [0.05, 0.1) is 6.10 Å². The highest BCUT2D eigenvalue weighted by Crippen LogP contribution is 2.26. The molecule has 0 spiro atoms. The second-order valence-electron chi connectivity index (χ2n) is 8.41. The largest absolute Gasteiger partial charge is 0.378 e. The quantitative estimate of drug-likeness (QED) is 0.291. The molecule has 0 bridgehead atoms. The molecule has 1 saturated carbocycles. The van der Waals surface area contributed by atoms with Gasteiger partial charge < -0.3 is 19.5 Å². The topological polar surface area (TPSA) is 75.8 Å². The van der Waals surface area contributed by atoms with Gasteiger partial charge in [-0.25, -0.2) is 0 Å². The molecule has 2 aromatic rings. The highest BCUT2D eigenvalue weighted by Gasteiger charge is 2.24. The average molecular weight is 574 g/mol. The number of rotatable bonds is 7. The Hall–Kier alpha value is -1.39. The monoisotopic (exact) mass is 573 g/mol. The molecular formula is C23H33ClIN5O2.